The van der Waals surface area contributed by atoms with E-state index in [-0.39, 0.29) is 19.0 Å². The molecule has 2 rings (SSSR count). The zero-order valence-electron chi connectivity index (χ0n) is 15.9. The average Bonchev–Trinajstić information content (AvgIpc) is 3.07. The van der Waals surface area contributed by atoms with E-state index in [1.807, 2.05) is 32.0 Å². The van der Waals surface area contributed by atoms with Gasteiger partial charge in [0.15, 0.2) is 18.3 Å². The summed E-state index contributed by atoms with van der Waals surface area (Å²) in [6, 6.07) is 5.67. The molecule has 150 valence electrons. The molecule has 28 heavy (non-hydrogen) atoms. The Hall–Kier alpha value is -2.94. The molecule has 0 unspecified atom stereocenters. The van der Waals surface area contributed by atoms with Crippen LogP contribution in [0.4, 0.5) is 5.13 Å². The number of carbonyl (C=O) groups is 3. The van der Waals surface area contributed by atoms with Gasteiger partial charge in [-0.05, 0) is 38.0 Å². The summed E-state index contributed by atoms with van der Waals surface area (Å²) in [7, 11) is 0. The molecule has 0 saturated heterocycles. The molecule has 0 saturated carbocycles. The van der Waals surface area contributed by atoms with E-state index in [4.69, 9.17) is 14.2 Å². The van der Waals surface area contributed by atoms with Crippen LogP contribution in [0.2, 0.25) is 0 Å². The summed E-state index contributed by atoms with van der Waals surface area (Å²) in [5.41, 5.74) is 2.41. The van der Waals surface area contributed by atoms with Crippen LogP contribution in [0.5, 0.6) is 5.75 Å². The van der Waals surface area contributed by atoms with Gasteiger partial charge >= 0.3 is 11.9 Å². The summed E-state index contributed by atoms with van der Waals surface area (Å²) in [5, 5.41) is 4.47. The molecule has 0 radical (unpaired) electrons. The van der Waals surface area contributed by atoms with E-state index in [0.717, 1.165) is 11.1 Å². The lowest BCUT2D eigenvalue weighted by molar-refractivity contribution is -0.149. The predicted molar refractivity (Wildman–Crippen MR) is 103 cm³/mol. The highest BCUT2D eigenvalue weighted by molar-refractivity contribution is 7.13. The molecule has 2 aromatic rings. The molecule has 0 atom stereocenters. The molecule has 0 fully saturated rings. The van der Waals surface area contributed by atoms with Crippen molar-refractivity contribution in [3.63, 3.8) is 0 Å². The summed E-state index contributed by atoms with van der Waals surface area (Å²) in [6.45, 7) is 5.06. The average molecular weight is 406 g/mol. The van der Waals surface area contributed by atoms with Crippen LogP contribution in [0.3, 0.4) is 0 Å². The van der Waals surface area contributed by atoms with Crippen LogP contribution >= 0.6 is 11.3 Å². The highest BCUT2D eigenvalue weighted by Gasteiger charge is 2.13. The third kappa shape index (κ3) is 6.99. The van der Waals surface area contributed by atoms with Crippen LogP contribution in [0.25, 0.3) is 0 Å². The maximum absolute atomic E-state index is 11.9. The highest BCUT2D eigenvalue weighted by atomic mass is 32.1. The number of rotatable bonds is 9. The molecular weight excluding hydrogens is 384 g/mol. The first kappa shape index (κ1) is 21.4. The van der Waals surface area contributed by atoms with Gasteiger partial charge in [0.1, 0.15) is 5.75 Å². The van der Waals surface area contributed by atoms with Gasteiger partial charge in [-0.1, -0.05) is 12.1 Å². The van der Waals surface area contributed by atoms with Crippen molar-refractivity contribution in [2.24, 2.45) is 0 Å². The number of amides is 1. The fourth-order valence-electron chi connectivity index (χ4n) is 2.15. The van der Waals surface area contributed by atoms with E-state index in [1.165, 1.54) is 11.3 Å². The lowest BCUT2D eigenvalue weighted by Crippen LogP contribution is -2.23. The fourth-order valence-corrected chi connectivity index (χ4v) is 2.87. The number of aromatic nitrogens is 1. The van der Waals surface area contributed by atoms with Gasteiger partial charge in [0.05, 0.1) is 18.7 Å². The highest BCUT2D eigenvalue weighted by Crippen LogP contribution is 2.19. The molecular formula is C19H22N2O6S. The maximum Gasteiger partial charge on any atom is 0.344 e. The lowest BCUT2D eigenvalue weighted by Gasteiger charge is -2.09. The number of nitrogens with zero attached hydrogens (tertiary/aromatic N) is 1. The van der Waals surface area contributed by atoms with Gasteiger partial charge in [0.2, 0.25) is 0 Å². The molecule has 0 aliphatic rings. The first-order valence-corrected chi connectivity index (χ1v) is 9.51. The third-order valence-corrected chi connectivity index (χ3v) is 4.29. The van der Waals surface area contributed by atoms with Crippen molar-refractivity contribution in [2.75, 3.05) is 25.1 Å². The molecule has 1 aromatic carbocycles. The Bertz CT molecular complexity index is 849. The largest absolute Gasteiger partial charge is 0.482 e. The van der Waals surface area contributed by atoms with E-state index in [0.29, 0.717) is 23.2 Å². The van der Waals surface area contributed by atoms with Crippen molar-refractivity contribution in [3.8, 4) is 5.75 Å². The molecule has 8 nitrogen and oxygen atoms in total. The Morgan fingerprint density at radius 2 is 1.89 bits per heavy atom. The van der Waals surface area contributed by atoms with Crippen LogP contribution in [-0.2, 0) is 30.3 Å². The first-order valence-electron chi connectivity index (χ1n) is 8.63. The Labute approximate surface area is 166 Å². The van der Waals surface area contributed by atoms with Gasteiger partial charge in [-0.3, -0.25) is 14.9 Å². The van der Waals surface area contributed by atoms with Crippen LogP contribution in [-0.4, -0.2) is 42.7 Å². The number of carbonyl (C=O) groups excluding carboxylic acids is 3. The van der Waals surface area contributed by atoms with Crippen molar-refractivity contribution in [1.82, 2.24) is 4.98 Å². The molecule has 1 amide bonds. The second-order valence-electron chi connectivity index (χ2n) is 5.89. The van der Waals surface area contributed by atoms with Crippen molar-refractivity contribution in [1.29, 1.82) is 0 Å². The van der Waals surface area contributed by atoms with Crippen molar-refractivity contribution in [3.05, 3.63) is 40.4 Å². The number of esters is 2. The standard InChI is InChI=1S/C19H22N2O6S/c1-4-25-17(23)8-14-11-28-19(20-14)21-16(22)9-27-18(24)10-26-15-7-12(2)5-6-13(15)3/h5-7,11H,4,8-10H2,1-3H3,(H,20,21,22). The van der Waals surface area contributed by atoms with Crippen molar-refractivity contribution < 1.29 is 28.6 Å². The minimum Gasteiger partial charge on any atom is -0.482 e. The molecule has 0 aliphatic carbocycles. The second kappa shape index (κ2) is 10.4. The minimum atomic E-state index is -0.654. The molecule has 0 spiro atoms. The Kier molecular flexibility index (Phi) is 7.94. The normalized spacial score (nSPS) is 10.2. The number of nitrogens with one attached hydrogen (secondary N) is 1. The number of hydrogen-bond acceptors (Lipinski definition) is 8. The summed E-state index contributed by atoms with van der Waals surface area (Å²) in [6.07, 6.45) is 0.0327. The maximum atomic E-state index is 11.9. The molecule has 0 aliphatic heterocycles. The SMILES string of the molecule is CCOC(=O)Cc1csc(NC(=O)COC(=O)COc2cc(C)ccc2C)n1. The summed E-state index contributed by atoms with van der Waals surface area (Å²) in [5.74, 6) is -0.975. The Balaban J connectivity index is 1.73. The van der Waals surface area contributed by atoms with Crippen LogP contribution in [0.15, 0.2) is 23.6 Å². The molecule has 1 heterocycles. The van der Waals surface area contributed by atoms with Crippen LogP contribution in [0.1, 0.15) is 23.7 Å². The molecule has 0 bridgehead atoms. The van der Waals surface area contributed by atoms with E-state index < -0.39 is 18.5 Å². The van der Waals surface area contributed by atoms with Crippen LogP contribution in [0, 0.1) is 13.8 Å². The first-order chi connectivity index (χ1) is 13.4. The summed E-state index contributed by atoms with van der Waals surface area (Å²) in [4.78, 5) is 39.2. The quantitative estimate of drug-likeness (QED) is 0.638. The monoisotopic (exact) mass is 406 g/mol. The van der Waals surface area contributed by atoms with E-state index >= 15 is 0 Å². The van der Waals surface area contributed by atoms with E-state index in [1.54, 1.807) is 12.3 Å². The predicted octanol–water partition coefficient (Wildman–Crippen LogP) is 2.43. The molecule has 1 aromatic heterocycles. The van der Waals surface area contributed by atoms with Crippen molar-refractivity contribution in [2.45, 2.75) is 27.2 Å². The van der Waals surface area contributed by atoms with Gasteiger partial charge in [-0.25, -0.2) is 9.78 Å². The number of aryl methyl sites for hydroxylation is 2. The summed E-state index contributed by atoms with van der Waals surface area (Å²) < 4.78 is 15.2. The summed E-state index contributed by atoms with van der Waals surface area (Å²) >= 11 is 1.17. The zero-order valence-corrected chi connectivity index (χ0v) is 16.8. The minimum absolute atomic E-state index is 0.0327. The van der Waals surface area contributed by atoms with Gasteiger partial charge < -0.3 is 14.2 Å². The van der Waals surface area contributed by atoms with E-state index in [9.17, 15) is 14.4 Å². The van der Waals surface area contributed by atoms with Gasteiger partial charge in [-0.2, -0.15) is 0 Å². The number of anilines is 1. The molecule has 1 N–H and O–H groups in total. The smallest absolute Gasteiger partial charge is 0.344 e. The number of benzene rings is 1. The van der Waals surface area contributed by atoms with Gasteiger partial charge in [0.25, 0.3) is 5.91 Å². The number of hydrogen-bond donors (Lipinski definition) is 1. The lowest BCUT2D eigenvalue weighted by atomic mass is 10.1. The number of ether oxygens (including phenoxy) is 3. The number of thiazole rings is 1. The second-order valence-corrected chi connectivity index (χ2v) is 6.75. The topological polar surface area (TPSA) is 104 Å². The Morgan fingerprint density at radius 1 is 1.11 bits per heavy atom. The third-order valence-electron chi connectivity index (χ3n) is 3.48. The fraction of sp³-hybridized carbons (Fsp3) is 0.368. The van der Waals surface area contributed by atoms with Crippen molar-refractivity contribution >= 4 is 34.3 Å². The Morgan fingerprint density at radius 3 is 2.64 bits per heavy atom. The van der Waals surface area contributed by atoms with Gasteiger partial charge in [0, 0.05) is 5.38 Å². The van der Waals surface area contributed by atoms with E-state index in [2.05, 4.69) is 10.3 Å². The van der Waals surface area contributed by atoms with Crippen LogP contribution < -0.4 is 10.1 Å². The van der Waals surface area contributed by atoms with Gasteiger partial charge in [-0.15, -0.1) is 11.3 Å². The molecule has 9 heteroatoms. The zero-order chi connectivity index (χ0) is 20.5.